The number of hydrogen-bond acceptors (Lipinski definition) is 2. The largest absolute Gasteiger partial charge is 0.416 e. The molecule has 2 rings (SSSR count). The molecular formula is C15H19F3N2O. The van der Waals surface area contributed by atoms with Crippen molar-refractivity contribution in [2.45, 2.75) is 44.3 Å². The van der Waals surface area contributed by atoms with Gasteiger partial charge in [-0.05, 0) is 37.1 Å². The van der Waals surface area contributed by atoms with Crippen molar-refractivity contribution in [2.24, 2.45) is 0 Å². The van der Waals surface area contributed by atoms with Crippen LogP contribution in [0, 0.1) is 0 Å². The third-order valence-electron chi connectivity index (χ3n) is 3.65. The number of benzene rings is 1. The maximum absolute atomic E-state index is 12.4. The Morgan fingerprint density at radius 1 is 1.10 bits per heavy atom. The van der Waals surface area contributed by atoms with Crippen molar-refractivity contribution in [3.63, 3.8) is 0 Å². The number of hydrogen-bond donors (Lipinski definition) is 2. The Labute approximate surface area is 121 Å². The van der Waals surface area contributed by atoms with E-state index in [-0.39, 0.29) is 12.5 Å². The molecule has 2 N–H and O–H groups in total. The van der Waals surface area contributed by atoms with Crippen LogP contribution in [-0.4, -0.2) is 18.5 Å². The summed E-state index contributed by atoms with van der Waals surface area (Å²) >= 11 is 0. The molecule has 0 unspecified atom stereocenters. The van der Waals surface area contributed by atoms with Crippen molar-refractivity contribution in [1.82, 2.24) is 5.32 Å². The van der Waals surface area contributed by atoms with Gasteiger partial charge in [0.1, 0.15) is 0 Å². The average Bonchev–Trinajstić information content (AvgIpc) is 2.46. The Hall–Kier alpha value is -1.56. The van der Waals surface area contributed by atoms with E-state index in [0.29, 0.717) is 11.7 Å². The van der Waals surface area contributed by atoms with E-state index in [1.807, 2.05) is 0 Å². The highest BCUT2D eigenvalue weighted by Gasteiger charge is 2.29. The molecule has 1 aromatic carbocycles. The van der Waals surface area contributed by atoms with Crippen molar-refractivity contribution < 1.29 is 18.0 Å². The fraction of sp³-hybridized carbons (Fsp3) is 0.533. The summed E-state index contributed by atoms with van der Waals surface area (Å²) in [4.78, 5) is 11.7. The van der Waals surface area contributed by atoms with Gasteiger partial charge in [0.15, 0.2) is 0 Å². The fourth-order valence-electron chi connectivity index (χ4n) is 2.49. The summed E-state index contributed by atoms with van der Waals surface area (Å²) in [6.07, 6.45) is 1.40. The smallest absolute Gasteiger partial charge is 0.325 e. The molecule has 0 bridgehead atoms. The van der Waals surface area contributed by atoms with E-state index in [9.17, 15) is 18.0 Å². The van der Waals surface area contributed by atoms with Crippen LogP contribution in [0.1, 0.15) is 37.7 Å². The molecule has 0 atom stereocenters. The average molecular weight is 300 g/mol. The van der Waals surface area contributed by atoms with Gasteiger partial charge in [0, 0.05) is 11.7 Å². The Kier molecular flexibility index (Phi) is 5.22. The van der Waals surface area contributed by atoms with Gasteiger partial charge in [0.2, 0.25) is 5.91 Å². The zero-order valence-electron chi connectivity index (χ0n) is 11.7. The van der Waals surface area contributed by atoms with Crippen molar-refractivity contribution >= 4 is 11.6 Å². The van der Waals surface area contributed by atoms with Crippen LogP contribution >= 0.6 is 0 Å². The van der Waals surface area contributed by atoms with Gasteiger partial charge < -0.3 is 10.6 Å². The standard InChI is InChI=1S/C15H19F3N2O/c16-15(17,18)11-6-8-13(9-7-11)20-14(21)10-19-12-4-2-1-3-5-12/h6-9,12,19H,1-5,10H2,(H,20,21). The Balaban J connectivity index is 1.79. The SMILES string of the molecule is O=C(CNC1CCCCC1)Nc1ccc(C(F)(F)F)cc1. The summed E-state index contributed by atoms with van der Waals surface area (Å²) in [5.41, 5.74) is -0.348. The third kappa shape index (κ3) is 5.04. The van der Waals surface area contributed by atoms with Crippen molar-refractivity contribution in [2.75, 3.05) is 11.9 Å². The Morgan fingerprint density at radius 3 is 2.29 bits per heavy atom. The molecule has 3 nitrogen and oxygen atoms in total. The molecule has 1 fully saturated rings. The first-order valence-corrected chi connectivity index (χ1v) is 7.15. The maximum atomic E-state index is 12.4. The summed E-state index contributed by atoms with van der Waals surface area (Å²) in [6, 6.07) is 4.83. The lowest BCUT2D eigenvalue weighted by Gasteiger charge is -2.22. The van der Waals surface area contributed by atoms with Crippen LogP contribution in [0.5, 0.6) is 0 Å². The third-order valence-corrected chi connectivity index (χ3v) is 3.65. The van der Waals surface area contributed by atoms with Crippen LogP contribution in [0.3, 0.4) is 0 Å². The van der Waals surface area contributed by atoms with Crippen LogP contribution in [0.25, 0.3) is 0 Å². The summed E-state index contributed by atoms with van der Waals surface area (Å²) in [5, 5.41) is 5.78. The predicted molar refractivity (Wildman–Crippen MR) is 74.9 cm³/mol. The summed E-state index contributed by atoms with van der Waals surface area (Å²) in [5.74, 6) is -0.236. The first-order chi connectivity index (χ1) is 9.95. The molecule has 21 heavy (non-hydrogen) atoms. The molecule has 1 amide bonds. The number of carbonyl (C=O) groups excluding carboxylic acids is 1. The molecule has 0 saturated heterocycles. The van der Waals surface area contributed by atoms with E-state index in [0.717, 1.165) is 25.0 Å². The Morgan fingerprint density at radius 2 is 1.71 bits per heavy atom. The zero-order valence-corrected chi connectivity index (χ0v) is 11.7. The van der Waals surface area contributed by atoms with Crippen LogP contribution in [0.2, 0.25) is 0 Å². The topological polar surface area (TPSA) is 41.1 Å². The molecule has 1 aliphatic carbocycles. The first kappa shape index (κ1) is 15.8. The lowest BCUT2D eigenvalue weighted by Crippen LogP contribution is -2.37. The number of anilines is 1. The van der Waals surface area contributed by atoms with Gasteiger partial charge in [-0.15, -0.1) is 0 Å². The second kappa shape index (κ2) is 6.93. The monoisotopic (exact) mass is 300 g/mol. The minimum atomic E-state index is -4.36. The summed E-state index contributed by atoms with van der Waals surface area (Å²) in [6.45, 7) is 0.186. The van der Waals surface area contributed by atoms with Crippen LogP contribution in [0.4, 0.5) is 18.9 Å². The van der Waals surface area contributed by atoms with Crippen LogP contribution < -0.4 is 10.6 Å². The first-order valence-electron chi connectivity index (χ1n) is 7.15. The van der Waals surface area contributed by atoms with Gasteiger partial charge in [0.05, 0.1) is 12.1 Å². The van der Waals surface area contributed by atoms with E-state index in [1.54, 1.807) is 0 Å². The molecule has 0 heterocycles. The molecule has 1 saturated carbocycles. The lowest BCUT2D eigenvalue weighted by molar-refractivity contribution is -0.137. The summed E-state index contributed by atoms with van der Waals surface area (Å²) < 4.78 is 37.2. The summed E-state index contributed by atoms with van der Waals surface area (Å²) in [7, 11) is 0. The molecule has 0 spiro atoms. The van der Waals surface area contributed by atoms with E-state index < -0.39 is 11.7 Å². The zero-order chi connectivity index (χ0) is 15.3. The second-order valence-corrected chi connectivity index (χ2v) is 5.34. The van der Waals surface area contributed by atoms with Gasteiger partial charge in [0.25, 0.3) is 0 Å². The molecule has 1 aromatic rings. The molecule has 116 valence electrons. The van der Waals surface area contributed by atoms with Crippen molar-refractivity contribution in [3.8, 4) is 0 Å². The predicted octanol–water partition coefficient (Wildman–Crippen LogP) is 3.57. The second-order valence-electron chi connectivity index (χ2n) is 5.34. The van der Waals surface area contributed by atoms with Gasteiger partial charge in [-0.2, -0.15) is 13.2 Å². The minimum Gasteiger partial charge on any atom is -0.325 e. The van der Waals surface area contributed by atoms with Gasteiger partial charge in [-0.1, -0.05) is 19.3 Å². The van der Waals surface area contributed by atoms with Gasteiger partial charge in [-0.25, -0.2) is 0 Å². The number of rotatable bonds is 4. The van der Waals surface area contributed by atoms with E-state index >= 15 is 0 Å². The highest BCUT2D eigenvalue weighted by molar-refractivity contribution is 5.92. The highest BCUT2D eigenvalue weighted by atomic mass is 19.4. The quantitative estimate of drug-likeness (QED) is 0.892. The van der Waals surface area contributed by atoms with E-state index in [1.165, 1.54) is 31.4 Å². The highest BCUT2D eigenvalue weighted by Crippen LogP contribution is 2.29. The van der Waals surface area contributed by atoms with Gasteiger partial charge >= 0.3 is 6.18 Å². The van der Waals surface area contributed by atoms with Crippen molar-refractivity contribution in [1.29, 1.82) is 0 Å². The van der Waals surface area contributed by atoms with E-state index in [4.69, 9.17) is 0 Å². The number of halogens is 3. The number of nitrogens with one attached hydrogen (secondary N) is 2. The molecule has 1 aliphatic rings. The molecule has 0 aromatic heterocycles. The van der Waals surface area contributed by atoms with E-state index in [2.05, 4.69) is 10.6 Å². The minimum absolute atomic E-state index is 0.186. The molecular weight excluding hydrogens is 281 g/mol. The van der Waals surface area contributed by atoms with Crippen molar-refractivity contribution in [3.05, 3.63) is 29.8 Å². The number of alkyl halides is 3. The number of carbonyl (C=O) groups is 1. The fourth-order valence-corrected chi connectivity index (χ4v) is 2.49. The maximum Gasteiger partial charge on any atom is 0.416 e. The van der Waals surface area contributed by atoms with Crippen LogP contribution in [-0.2, 0) is 11.0 Å². The normalized spacial score (nSPS) is 16.7. The lowest BCUT2D eigenvalue weighted by atomic mass is 9.95. The van der Waals surface area contributed by atoms with Crippen LogP contribution in [0.15, 0.2) is 24.3 Å². The molecule has 0 aliphatic heterocycles. The molecule has 0 radical (unpaired) electrons. The number of amides is 1. The van der Waals surface area contributed by atoms with Gasteiger partial charge in [-0.3, -0.25) is 4.79 Å². The Bertz CT molecular complexity index is 465. The molecule has 6 heteroatoms.